The number of guanidine groups is 1. The van der Waals surface area contributed by atoms with Crippen LogP contribution < -0.4 is 10.6 Å². The van der Waals surface area contributed by atoms with E-state index in [2.05, 4.69) is 25.6 Å². The predicted octanol–water partition coefficient (Wildman–Crippen LogP) is 0.265. The Morgan fingerprint density at radius 3 is 2.92 bits per heavy atom. The second-order valence-corrected chi connectivity index (χ2v) is 6.00. The molecule has 2 N–H and O–H groups in total. The Morgan fingerprint density at radius 2 is 2.29 bits per heavy atom. The minimum Gasteiger partial charge on any atom is -0.370 e. The number of aryl methyl sites for hydroxylation is 1. The van der Waals surface area contributed by atoms with E-state index in [9.17, 15) is 4.79 Å². The summed E-state index contributed by atoms with van der Waals surface area (Å²) >= 11 is 0. The fourth-order valence-electron chi connectivity index (χ4n) is 2.65. The average molecular weight is 448 g/mol. The van der Waals surface area contributed by atoms with Gasteiger partial charge in [-0.3, -0.25) is 14.5 Å². The average Bonchev–Trinajstić information content (AvgIpc) is 3.26. The summed E-state index contributed by atoms with van der Waals surface area (Å²) in [6.45, 7) is 2.31. The summed E-state index contributed by atoms with van der Waals surface area (Å²) < 4.78 is 7.60. The highest BCUT2D eigenvalue weighted by Gasteiger charge is 2.26. The van der Waals surface area contributed by atoms with Crippen molar-refractivity contribution in [1.29, 1.82) is 0 Å². The minimum atomic E-state index is -0.0312. The van der Waals surface area contributed by atoms with E-state index in [1.54, 1.807) is 11.7 Å². The molecule has 1 aromatic rings. The van der Waals surface area contributed by atoms with Gasteiger partial charge in [0.1, 0.15) is 6.10 Å². The van der Waals surface area contributed by atoms with Crippen LogP contribution >= 0.6 is 24.0 Å². The van der Waals surface area contributed by atoms with Gasteiger partial charge in [0.2, 0.25) is 5.91 Å². The molecule has 0 bridgehead atoms. The van der Waals surface area contributed by atoms with Crippen LogP contribution in [0, 0.1) is 0 Å². The topological polar surface area (TPSA) is 83.8 Å². The lowest BCUT2D eigenvalue weighted by atomic mass is 10.1. The molecule has 0 aromatic carbocycles. The number of rotatable bonds is 4. The number of aromatic nitrogens is 2. The van der Waals surface area contributed by atoms with E-state index in [0.717, 1.165) is 30.9 Å². The Balaban J connectivity index is 0.00000208. The zero-order chi connectivity index (χ0) is 16.2. The zero-order valence-corrected chi connectivity index (χ0v) is 16.4. The Kier molecular flexibility index (Phi) is 6.84. The van der Waals surface area contributed by atoms with Crippen LogP contribution in [-0.4, -0.2) is 65.9 Å². The molecule has 3 rings (SSSR count). The van der Waals surface area contributed by atoms with Crippen molar-refractivity contribution in [2.24, 2.45) is 12.0 Å². The van der Waals surface area contributed by atoms with Gasteiger partial charge in [-0.2, -0.15) is 5.10 Å². The van der Waals surface area contributed by atoms with Gasteiger partial charge in [0.25, 0.3) is 0 Å². The summed E-state index contributed by atoms with van der Waals surface area (Å²) in [7, 11) is 3.62. The van der Waals surface area contributed by atoms with Crippen LogP contribution in [0.4, 0.5) is 0 Å². The molecular weight excluding hydrogens is 423 g/mol. The molecule has 2 heterocycles. The molecule has 1 saturated carbocycles. The number of hydrogen-bond acceptors (Lipinski definition) is 4. The third-order valence-electron chi connectivity index (χ3n) is 4.02. The number of nitrogens with one attached hydrogen (secondary N) is 2. The maximum absolute atomic E-state index is 11.8. The summed E-state index contributed by atoms with van der Waals surface area (Å²) in [5.74, 6) is 0.749. The first-order chi connectivity index (χ1) is 11.2. The highest BCUT2D eigenvalue weighted by Crippen LogP contribution is 2.21. The molecule has 8 nitrogen and oxygen atoms in total. The van der Waals surface area contributed by atoms with Crippen LogP contribution in [0.3, 0.4) is 0 Å². The van der Waals surface area contributed by atoms with Gasteiger partial charge in [0, 0.05) is 38.4 Å². The predicted molar refractivity (Wildman–Crippen MR) is 101 cm³/mol. The maximum atomic E-state index is 11.8. The second-order valence-electron chi connectivity index (χ2n) is 6.00. The summed E-state index contributed by atoms with van der Waals surface area (Å²) in [4.78, 5) is 18.2. The Hall–Kier alpha value is -1.36. The van der Waals surface area contributed by atoms with Gasteiger partial charge in [0.15, 0.2) is 5.96 Å². The number of nitrogens with zero attached hydrogens (tertiary/aromatic N) is 4. The molecule has 1 saturated heterocycles. The largest absolute Gasteiger partial charge is 0.370 e. The SMILES string of the molecule is CN=C(NCC(=O)NC1CC1)N1CCOC(c2cnn(C)c2)C1.I. The van der Waals surface area contributed by atoms with Crippen molar-refractivity contribution in [1.82, 2.24) is 25.3 Å². The normalized spacial score (nSPS) is 21.2. The molecule has 9 heteroatoms. The number of carbonyl (C=O) groups is 1. The van der Waals surface area contributed by atoms with E-state index in [0.29, 0.717) is 19.2 Å². The Labute approximate surface area is 159 Å². The number of morpholine rings is 1. The highest BCUT2D eigenvalue weighted by atomic mass is 127. The summed E-state index contributed by atoms with van der Waals surface area (Å²) in [5.41, 5.74) is 1.05. The molecule has 1 unspecified atom stereocenters. The van der Waals surface area contributed by atoms with Crippen molar-refractivity contribution in [2.75, 3.05) is 33.3 Å². The fourth-order valence-corrected chi connectivity index (χ4v) is 2.65. The van der Waals surface area contributed by atoms with E-state index in [-0.39, 0.29) is 42.5 Å². The van der Waals surface area contributed by atoms with Gasteiger partial charge >= 0.3 is 0 Å². The van der Waals surface area contributed by atoms with Crippen LogP contribution in [0.15, 0.2) is 17.4 Å². The Morgan fingerprint density at radius 1 is 1.50 bits per heavy atom. The lowest BCUT2D eigenvalue weighted by Gasteiger charge is -2.34. The smallest absolute Gasteiger partial charge is 0.239 e. The molecule has 1 aliphatic carbocycles. The third kappa shape index (κ3) is 5.07. The molecule has 0 spiro atoms. The van der Waals surface area contributed by atoms with Crippen LogP contribution in [0.2, 0.25) is 0 Å². The van der Waals surface area contributed by atoms with Crippen molar-refractivity contribution >= 4 is 35.8 Å². The number of halogens is 1. The standard InChI is InChI=1S/C15H24N6O2.HI/c1-16-15(17-8-14(22)19-12-3-4-12)21-5-6-23-13(10-21)11-7-18-20(2)9-11;/h7,9,12-13H,3-6,8,10H2,1-2H3,(H,16,17)(H,19,22);1H. The van der Waals surface area contributed by atoms with Gasteiger partial charge in [-0.05, 0) is 12.8 Å². The summed E-state index contributed by atoms with van der Waals surface area (Å²) in [6.07, 6.45) is 5.95. The molecule has 24 heavy (non-hydrogen) atoms. The first kappa shape index (κ1) is 19.0. The molecule has 134 valence electrons. The number of amides is 1. The zero-order valence-electron chi connectivity index (χ0n) is 14.1. The van der Waals surface area contributed by atoms with Gasteiger partial charge in [-0.25, -0.2) is 0 Å². The van der Waals surface area contributed by atoms with Crippen molar-refractivity contribution in [3.63, 3.8) is 0 Å². The van der Waals surface area contributed by atoms with Gasteiger partial charge in [-0.15, -0.1) is 24.0 Å². The van der Waals surface area contributed by atoms with E-state index >= 15 is 0 Å². The number of ether oxygens (including phenoxy) is 1. The van der Waals surface area contributed by atoms with Gasteiger partial charge < -0.3 is 20.3 Å². The number of carbonyl (C=O) groups excluding carboxylic acids is 1. The Bertz CT molecular complexity index is 586. The van der Waals surface area contributed by atoms with Gasteiger partial charge in [0.05, 0.1) is 25.9 Å². The monoisotopic (exact) mass is 448 g/mol. The van der Waals surface area contributed by atoms with Crippen LogP contribution in [-0.2, 0) is 16.6 Å². The summed E-state index contributed by atoms with van der Waals surface area (Å²) in [5, 5.41) is 10.3. The van der Waals surface area contributed by atoms with E-state index < -0.39 is 0 Å². The number of hydrogen-bond donors (Lipinski definition) is 2. The highest BCUT2D eigenvalue weighted by molar-refractivity contribution is 14.0. The molecule has 1 atom stereocenters. The van der Waals surface area contributed by atoms with Gasteiger partial charge in [-0.1, -0.05) is 0 Å². The minimum absolute atomic E-state index is 0. The van der Waals surface area contributed by atoms with Crippen molar-refractivity contribution < 1.29 is 9.53 Å². The molecule has 2 aliphatic rings. The van der Waals surface area contributed by atoms with Crippen molar-refractivity contribution in [2.45, 2.75) is 25.0 Å². The fraction of sp³-hybridized carbons (Fsp3) is 0.667. The lowest BCUT2D eigenvalue weighted by Crippen LogP contribution is -2.50. The lowest BCUT2D eigenvalue weighted by molar-refractivity contribution is -0.120. The second kappa shape index (κ2) is 8.65. The van der Waals surface area contributed by atoms with E-state index in [1.165, 1.54) is 0 Å². The summed E-state index contributed by atoms with van der Waals surface area (Å²) in [6, 6.07) is 0.379. The van der Waals surface area contributed by atoms with Crippen molar-refractivity contribution in [3.8, 4) is 0 Å². The van der Waals surface area contributed by atoms with Crippen molar-refractivity contribution in [3.05, 3.63) is 18.0 Å². The third-order valence-corrected chi connectivity index (χ3v) is 4.02. The maximum Gasteiger partial charge on any atom is 0.239 e. The van der Waals surface area contributed by atoms with Crippen LogP contribution in [0.25, 0.3) is 0 Å². The van der Waals surface area contributed by atoms with Crippen LogP contribution in [0.5, 0.6) is 0 Å². The molecule has 0 radical (unpaired) electrons. The molecule has 1 aliphatic heterocycles. The molecule has 1 aromatic heterocycles. The molecule has 1 amide bonds. The quantitative estimate of drug-likeness (QED) is 0.393. The van der Waals surface area contributed by atoms with Crippen LogP contribution in [0.1, 0.15) is 24.5 Å². The number of aliphatic imine (C=N–C) groups is 1. The first-order valence-electron chi connectivity index (χ1n) is 8.01. The van der Waals surface area contributed by atoms with E-state index in [4.69, 9.17) is 4.74 Å². The van der Waals surface area contributed by atoms with E-state index in [1.807, 2.05) is 19.4 Å². The molecule has 2 fully saturated rings. The first-order valence-corrected chi connectivity index (χ1v) is 8.01. The molecular formula is C15H25IN6O2.